The number of hydrogen-bond donors (Lipinski definition) is 1. The van der Waals surface area contributed by atoms with E-state index >= 15 is 0 Å². The van der Waals surface area contributed by atoms with Crippen LogP contribution in [0.2, 0.25) is 0 Å². The standard InChI is InChI=1S/C12H10F3N3O3/c1-21-8-4-2-7(3-5-8)6-18-11(20)16-10(19)9(17-18)12(13,14)15/h2-5H,6H2,1H3,(H,16,19,20). The molecule has 0 amide bonds. The third-order valence-corrected chi connectivity index (χ3v) is 2.65. The number of halogens is 3. The van der Waals surface area contributed by atoms with Crippen molar-refractivity contribution < 1.29 is 17.9 Å². The number of hydrogen-bond acceptors (Lipinski definition) is 4. The molecule has 112 valence electrons. The van der Waals surface area contributed by atoms with Gasteiger partial charge in [-0.05, 0) is 17.7 Å². The summed E-state index contributed by atoms with van der Waals surface area (Å²) in [5, 5.41) is 3.09. The predicted molar refractivity (Wildman–Crippen MR) is 66.2 cm³/mol. The smallest absolute Gasteiger partial charge is 0.440 e. The van der Waals surface area contributed by atoms with Crippen molar-refractivity contribution in [1.82, 2.24) is 14.8 Å². The summed E-state index contributed by atoms with van der Waals surface area (Å²) >= 11 is 0. The fourth-order valence-electron chi connectivity index (χ4n) is 1.63. The average Bonchev–Trinajstić information content (AvgIpc) is 2.41. The number of ether oxygens (including phenoxy) is 1. The van der Waals surface area contributed by atoms with Gasteiger partial charge in [0.2, 0.25) is 5.69 Å². The Morgan fingerprint density at radius 3 is 2.38 bits per heavy atom. The Labute approximate surface area is 115 Å². The lowest BCUT2D eigenvalue weighted by atomic mass is 10.2. The summed E-state index contributed by atoms with van der Waals surface area (Å²) in [4.78, 5) is 24.2. The minimum Gasteiger partial charge on any atom is -0.497 e. The summed E-state index contributed by atoms with van der Waals surface area (Å²) in [6.45, 7) is -0.206. The molecule has 21 heavy (non-hydrogen) atoms. The minimum absolute atomic E-state index is 0.206. The average molecular weight is 301 g/mol. The van der Waals surface area contributed by atoms with Crippen LogP contribution < -0.4 is 16.0 Å². The van der Waals surface area contributed by atoms with Gasteiger partial charge >= 0.3 is 11.9 Å². The molecule has 0 aliphatic carbocycles. The molecule has 0 unspecified atom stereocenters. The first kappa shape index (κ1) is 14.8. The highest BCUT2D eigenvalue weighted by atomic mass is 19.4. The molecule has 1 N–H and O–H groups in total. The second-order valence-corrected chi connectivity index (χ2v) is 4.11. The molecule has 0 atom stereocenters. The molecular weight excluding hydrogens is 291 g/mol. The Hall–Kier alpha value is -2.58. The maximum absolute atomic E-state index is 12.6. The molecule has 0 fully saturated rings. The van der Waals surface area contributed by atoms with Gasteiger partial charge in [-0.15, -0.1) is 0 Å². The van der Waals surface area contributed by atoms with Crippen LogP contribution in [0.5, 0.6) is 5.75 Å². The topological polar surface area (TPSA) is 77.0 Å². The zero-order valence-corrected chi connectivity index (χ0v) is 10.8. The number of alkyl halides is 3. The molecule has 6 nitrogen and oxygen atoms in total. The van der Waals surface area contributed by atoms with Crippen molar-refractivity contribution in [2.45, 2.75) is 12.7 Å². The highest BCUT2D eigenvalue weighted by Gasteiger charge is 2.37. The van der Waals surface area contributed by atoms with Crippen molar-refractivity contribution in [2.24, 2.45) is 0 Å². The van der Waals surface area contributed by atoms with E-state index in [1.165, 1.54) is 7.11 Å². The number of aromatic nitrogens is 3. The van der Waals surface area contributed by atoms with Crippen molar-refractivity contribution in [3.8, 4) is 5.75 Å². The fourth-order valence-corrected chi connectivity index (χ4v) is 1.63. The van der Waals surface area contributed by atoms with Gasteiger partial charge in [-0.1, -0.05) is 12.1 Å². The Morgan fingerprint density at radius 1 is 1.24 bits per heavy atom. The highest BCUT2D eigenvalue weighted by Crippen LogP contribution is 2.23. The van der Waals surface area contributed by atoms with Gasteiger partial charge in [-0.3, -0.25) is 9.78 Å². The number of aromatic amines is 1. The Kier molecular flexibility index (Phi) is 3.83. The van der Waals surface area contributed by atoms with Gasteiger partial charge in [0.1, 0.15) is 5.75 Å². The van der Waals surface area contributed by atoms with Crippen LogP contribution >= 0.6 is 0 Å². The third-order valence-electron chi connectivity index (χ3n) is 2.65. The van der Waals surface area contributed by atoms with Crippen molar-refractivity contribution in [1.29, 1.82) is 0 Å². The van der Waals surface area contributed by atoms with E-state index in [1.54, 1.807) is 29.2 Å². The number of rotatable bonds is 3. The van der Waals surface area contributed by atoms with Gasteiger partial charge in [0, 0.05) is 0 Å². The lowest BCUT2D eigenvalue weighted by Gasteiger charge is -2.08. The highest BCUT2D eigenvalue weighted by molar-refractivity contribution is 5.27. The third kappa shape index (κ3) is 3.30. The monoisotopic (exact) mass is 301 g/mol. The number of nitrogens with zero attached hydrogens (tertiary/aromatic N) is 2. The summed E-state index contributed by atoms with van der Waals surface area (Å²) in [6, 6.07) is 6.34. The normalized spacial score (nSPS) is 11.4. The maximum Gasteiger partial charge on any atom is 0.440 e. The van der Waals surface area contributed by atoms with Gasteiger partial charge in [-0.25, -0.2) is 9.48 Å². The van der Waals surface area contributed by atoms with Gasteiger partial charge in [0.15, 0.2) is 0 Å². The zero-order chi connectivity index (χ0) is 15.6. The van der Waals surface area contributed by atoms with Crippen LogP contribution in [-0.2, 0) is 12.7 Å². The molecular formula is C12H10F3N3O3. The Balaban J connectivity index is 2.39. The molecule has 0 aliphatic rings. The van der Waals surface area contributed by atoms with E-state index < -0.39 is 23.1 Å². The van der Waals surface area contributed by atoms with Gasteiger partial charge < -0.3 is 4.74 Å². The summed E-state index contributed by atoms with van der Waals surface area (Å²) in [7, 11) is 1.47. The molecule has 0 aliphatic heterocycles. The Bertz CT molecular complexity index is 747. The van der Waals surface area contributed by atoms with Crippen molar-refractivity contribution in [3.05, 3.63) is 56.4 Å². The van der Waals surface area contributed by atoms with Gasteiger partial charge in [0.05, 0.1) is 13.7 Å². The van der Waals surface area contributed by atoms with E-state index in [4.69, 9.17) is 4.74 Å². The summed E-state index contributed by atoms with van der Waals surface area (Å²) in [5.41, 5.74) is -3.69. The largest absolute Gasteiger partial charge is 0.497 e. The number of H-pyrrole nitrogens is 1. The summed E-state index contributed by atoms with van der Waals surface area (Å²) < 4.78 is 43.2. The first-order valence-electron chi connectivity index (χ1n) is 5.73. The first-order chi connectivity index (χ1) is 9.81. The van der Waals surface area contributed by atoms with E-state index in [2.05, 4.69) is 5.10 Å². The summed E-state index contributed by atoms with van der Waals surface area (Å²) in [5.74, 6) is 0.566. The SMILES string of the molecule is COc1ccc(Cn2nc(C(F)(F)F)c(=O)[nH]c2=O)cc1. The van der Waals surface area contributed by atoms with Gasteiger partial charge in [-0.2, -0.15) is 18.3 Å². The molecule has 0 bridgehead atoms. The lowest BCUT2D eigenvalue weighted by Crippen LogP contribution is -2.38. The van der Waals surface area contributed by atoms with Gasteiger partial charge in [0.25, 0.3) is 5.56 Å². The number of benzene rings is 1. The molecule has 0 saturated heterocycles. The molecule has 1 aromatic carbocycles. The van der Waals surface area contributed by atoms with E-state index in [1.807, 2.05) is 0 Å². The van der Waals surface area contributed by atoms with Crippen LogP contribution in [0.15, 0.2) is 33.9 Å². The minimum atomic E-state index is -4.93. The van der Waals surface area contributed by atoms with Crippen LogP contribution in [0.25, 0.3) is 0 Å². The van der Waals surface area contributed by atoms with Crippen LogP contribution in [0, 0.1) is 0 Å². The first-order valence-corrected chi connectivity index (χ1v) is 5.73. The van der Waals surface area contributed by atoms with Crippen molar-refractivity contribution >= 4 is 0 Å². The molecule has 1 aromatic heterocycles. The Morgan fingerprint density at radius 2 is 1.86 bits per heavy atom. The lowest BCUT2D eigenvalue weighted by molar-refractivity contribution is -0.143. The van der Waals surface area contributed by atoms with Crippen LogP contribution in [0.1, 0.15) is 11.3 Å². The van der Waals surface area contributed by atoms with E-state index in [0.29, 0.717) is 16.0 Å². The fraction of sp³-hybridized carbons (Fsp3) is 0.250. The second kappa shape index (κ2) is 5.43. The van der Waals surface area contributed by atoms with Crippen molar-refractivity contribution in [2.75, 3.05) is 7.11 Å². The molecule has 0 radical (unpaired) electrons. The molecule has 0 saturated carbocycles. The van der Waals surface area contributed by atoms with E-state index in [9.17, 15) is 22.8 Å². The molecule has 0 spiro atoms. The zero-order valence-electron chi connectivity index (χ0n) is 10.8. The molecule has 9 heteroatoms. The quantitative estimate of drug-likeness (QED) is 0.918. The molecule has 2 aromatic rings. The molecule has 1 heterocycles. The van der Waals surface area contributed by atoms with Crippen LogP contribution in [-0.4, -0.2) is 21.9 Å². The van der Waals surface area contributed by atoms with Crippen molar-refractivity contribution in [3.63, 3.8) is 0 Å². The summed E-state index contributed by atoms with van der Waals surface area (Å²) in [6.07, 6.45) is -4.93. The predicted octanol–water partition coefficient (Wildman–Crippen LogP) is 1.01. The molecule has 2 rings (SSSR count). The maximum atomic E-state index is 12.6. The number of methoxy groups -OCH3 is 1. The van der Waals surface area contributed by atoms with E-state index in [0.717, 1.165) is 0 Å². The van der Waals surface area contributed by atoms with E-state index in [-0.39, 0.29) is 6.54 Å². The van der Waals surface area contributed by atoms with Crippen LogP contribution in [0.3, 0.4) is 0 Å². The van der Waals surface area contributed by atoms with Crippen LogP contribution in [0.4, 0.5) is 13.2 Å². The second-order valence-electron chi connectivity index (χ2n) is 4.11. The number of nitrogens with one attached hydrogen (secondary N) is 1.